The van der Waals surface area contributed by atoms with Crippen LogP contribution in [0.1, 0.15) is 21.5 Å². The van der Waals surface area contributed by atoms with Crippen molar-refractivity contribution in [2.24, 2.45) is 0 Å². The van der Waals surface area contributed by atoms with E-state index in [2.05, 4.69) is 41.4 Å². The van der Waals surface area contributed by atoms with Gasteiger partial charge in [-0.3, -0.25) is 9.59 Å². The SMILES string of the molecule is Cc1ccc(-c2cc3c(=O)n(CCNC(=O)c4cccc5[nH]ccc45)ccn3n2)cc1C. The van der Waals surface area contributed by atoms with Crippen molar-refractivity contribution >= 4 is 22.3 Å². The van der Waals surface area contributed by atoms with Crippen LogP contribution in [0.2, 0.25) is 0 Å². The molecule has 0 radical (unpaired) electrons. The van der Waals surface area contributed by atoms with Gasteiger partial charge in [0.2, 0.25) is 0 Å². The van der Waals surface area contributed by atoms with Gasteiger partial charge in [-0.2, -0.15) is 5.10 Å². The van der Waals surface area contributed by atoms with Crippen molar-refractivity contribution in [1.82, 2.24) is 24.5 Å². The Morgan fingerprint density at radius 2 is 1.94 bits per heavy atom. The highest BCUT2D eigenvalue weighted by atomic mass is 16.1. The van der Waals surface area contributed by atoms with Crippen LogP contribution in [0.4, 0.5) is 0 Å². The van der Waals surface area contributed by atoms with Crippen molar-refractivity contribution in [1.29, 1.82) is 0 Å². The molecule has 0 atom stereocenters. The minimum absolute atomic E-state index is 0.142. The number of carbonyl (C=O) groups excluding carboxylic acids is 1. The van der Waals surface area contributed by atoms with Crippen LogP contribution in [0.25, 0.3) is 27.7 Å². The summed E-state index contributed by atoms with van der Waals surface area (Å²) in [4.78, 5) is 28.7. The van der Waals surface area contributed by atoms with E-state index in [-0.39, 0.29) is 11.5 Å². The number of H-pyrrole nitrogens is 1. The van der Waals surface area contributed by atoms with E-state index in [9.17, 15) is 9.59 Å². The monoisotopic (exact) mass is 425 g/mol. The number of hydrogen-bond acceptors (Lipinski definition) is 3. The minimum atomic E-state index is -0.161. The van der Waals surface area contributed by atoms with Crippen LogP contribution < -0.4 is 10.9 Å². The van der Waals surface area contributed by atoms with Gasteiger partial charge in [-0.15, -0.1) is 0 Å². The van der Waals surface area contributed by atoms with Crippen LogP contribution in [0.3, 0.4) is 0 Å². The number of amides is 1. The number of nitrogens with zero attached hydrogens (tertiary/aromatic N) is 3. The molecule has 0 bridgehead atoms. The fourth-order valence-corrected chi connectivity index (χ4v) is 3.91. The Balaban J connectivity index is 1.34. The Morgan fingerprint density at radius 1 is 1.06 bits per heavy atom. The van der Waals surface area contributed by atoms with E-state index in [0.717, 1.165) is 22.2 Å². The van der Waals surface area contributed by atoms with Gasteiger partial charge in [0.1, 0.15) is 5.52 Å². The topological polar surface area (TPSA) is 84.2 Å². The highest BCUT2D eigenvalue weighted by molar-refractivity contribution is 6.06. The molecule has 160 valence electrons. The molecule has 0 unspecified atom stereocenters. The average Bonchev–Trinajstić information content (AvgIpc) is 3.44. The Kier molecular flexibility index (Phi) is 4.86. The molecule has 5 aromatic rings. The zero-order chi connectivity index (χ0) is 22.2. The van der Waals surface area contributed by atoms with Crippen molar-refractivity contribution in [2.75, 3.05) is 6.54 Å². The predicted octanol–water partition coefficient (Wildman–Crippen LogP) is 3.69. The Hall–Kier alpha value is -4.13. The van der Waals surface area contributed by atoms with Gasteiger partial charge in [0.15, 0.2) is 0 Å². The molecule has 7 nitrogen and oxygen atoms in total. The van der Waals surface area contributed by atoms with E-state index in [1.165, 1.54) is 11.1 Å². The number of aromatic amines is 1. The molecule has 0 fully saturated rings. The minimum Gasteiger partial charge on any atom is -0.361 e. The highest BCUT2D eigenvalue weighted by Crippen LogP contribution is 2.21. The van der Waals surface area contributed by atoms with E-state index in [4.69, 9.17) is 0 Å². The molecule has 1 amide bonds. The second-order valence-electron chi connectivity index (χ2n) is 7.96. The van der Waals surface area contributed by atoms with Gasteiger partial charge >= 0.3 is 0 Å². The van der Waals surface area contributed by atoms with Gasteiger partial charge in [-0.05, 0) is 55.3 Å². The molecule has 0 saturated carbocycles. The van der Waals surface area contributed by atoms with Crippen LogP contribution in [0.15, 0.2) is 71.9 Å². The van der Waals surface area contributed by atoms with Crippen LogP contribution in [0, 0.1) is 13.8 Å². The predicted molar refractivity (Wildman–Crippen MR) is 125 cm³/mol. The Morgan fingerprint density at radius 3 is 2.78 bits per heavy atom. The van der Waals surface area contributed by atoms with E-state index >= 15 is 0 Å². The molecular formula is C25H23N5O2. The van der Waals surface area contributed by atoms with Gasteiger partial charge in [0.25, 0.3) is 11.5 Å². The van der Waals surface area contributed by atoms with Gasteiger partial charge in [-0.1, -0.05) is 18.2 Å². The van der Waals surface area contributed by atoms with Crippen LogP contribution in [-0.4, -0.2) is 31.6 Å². The smallest absolute Gasteiger partial charge is 0.276 e. The molecule has 0 aliphatic heterocycles. The molecule has 32 heavy (non-hydrogen) atoms. The maximum atomic E-state index is 13.0. The molecule has 2 aromatic carbocycles. The zero-order valence-corrected chi connectivity index (χ0v) is 17.9. The lowest BCUT2D eigenvalue weighted by atomic mass is 10.0. The first-order valence-electron chi connectivity index (χ1n) is 10.5. The summed E-state index contributed by atoms with van der Waals surface area (Å²) in [6, 6.07) is 15.4. The lowest BCUT2D eigenvalue weighted by molar-refractivity contribution is 0.0954. The average molecular weight is 425 g/mol. The fraction of sp³-hybridized carbons (Fsp3) is 0.160. The maximum absolute atomic E-state index is 13.0. The Labute approximate surface area is 184 Å². The first-order chi connectivity index (χ1) is 15.5. The summed E-state index contributed by atoms with van der Waals surface area (Å²) in [6.07, 6.45) is 5.28. The number of fused-ring (bicyclic) bond motifs is 2. The summed E-state index contributed by atoms with van der Waals surface area (Å²) >= 11 is 0. The van der Waals surface area contributed by atoms with Crippen LogP contribution in [0.5, 0.6) is 0 Å². The quantitative estimate of drug-likeness (QED) is 0.450. The molecular weight excluding hydrogens is 402 g/mol. The summed E-state index contributed by atoms with van der Waals surface area (Å²) in [5.74, 6) is -0.161. The second-order valence-corrected chi connectivity index (χ2v) is 7.96. The normalized spacial score (nSPS) is 11.3. The van der Waals surface area contributed by atoms with Crippen molar-refractivity contribution in [2.45, 2.75) is 20.4 Å². The van der Waals surface area contributed by atoms with Crippen LogP contribution in [-0.2, 0) is 6.54 Å². The first-order valence-corrected chi connectivity index (χ1v) is 10.5. The van der Waals surface area contributed by atoms with Gasteiger partial charge in [-0.25, -0.2) is 4.52 Å². The molecule has 3 aromatic heterocycles. The van der Waals surface area contributed by atoms with Crippen molar-refractivity contribution in [3.8, 4) is 11.3 Å². The molecule has 7 heteroatoms. The number of aromatic nitrogens is 4. The third kappa shape index (κ3) is 3.47. The molecule has 0 saturated heterocycles. The third-order valence-corrected chi connectivity index (χ3v) is 5.88. The second kappa shape index (κ2) is 7.85. The number of hydrogen-bond donors (Lipinski definition) is 2. The van der Waals surface area contributed by atoms with E-state index in [0.29, 0.717) is 24.2 Å². The molecule has 2 N–H and O–H groups in total. The van der Waals surface area contributed by atoms with Gasteiger partial charge in [0, 0.05) is 53.7 Å². The van der Waals surface area contributed by atoms with Crippen molar-refractivity contribution in [3.63, 3.8) is 0 Å². The van der Waals surface area contributed by atoms with Crippen molar-refractivity contribution in [3.05, 3.63) is 94.2 Å². The number of benzene rings is 2. The largest absolute Gasteiger partial charge is 0.361 e. The van der Waals surface area contributed by atoms with Crippen LogP contribution >= 0.6 is 0 Å². The highest BCUT2D eigenvalue weighted by Gasteiger charge is 2.12. The first kappa shape index (κ1) is 19.8. The number of rotatable bonds is 5. The molecule has 3 heterocycles. The Bertz CT molecular complexity index is 1520. The third-order valence-electron chi connectivity index (χ3n) is 5.88. The number of aryl methyl sites for hydroxylation is 2. The maximum Gasteiger partial charge on any atom is 0.276 e. The zero-order valence-electron chi connectivity index (χ0n) is 17.9. The molecule has 5 rings (SSSR count). The number of nitrogens with one attached hydrogen (secondary N) is 2. The molecule has 0 aliphatic carbocycles. The standard InChI is InChI=1S/C25H23N5O2/c1-16-6-7-18(14-17(16)2)22-15-23-25(32)29(12-13-30(23)28-22)11-10-27-24(31)20-4-3-5-21-19(20)8-9-26-21/h3-9,12-15,26H,10-11H2,1-2H3,(H,27,31). The van der Waals surface area contributed by atoms with Crippen molar-refractivity contribution < 1.29 is 4.79 Å². The molecule has 0 spiro atoms. The van der Waals surface area contributed by atoms with E-state index in [1.807, 2.05) is 36.5 Å². The summed E-state index contributed by atoms with van der Waals surface area (Å²) < 4.78 is 3.20. The summed E-state index contributed by atoms with van der Waals surface area (Å²) in [6.45, 7) is 4.84. The van der Waals surface area contributed by atoms with Gasteiger partial charge in [0.05, 0.1) is 5.69 Å². The molecule has 0 aliphatic rings. The van der Waals surface area contributed by atoms with E-state index < -0.39 is 0 Å². The van der Waals surface area contributed by atoms with Gasteiger partial charge < -0.3 is 14.9 Å². The summed E-state index contributed by atoms with van der Waals surface area (Å²) in [5.41, 5.74) is 6.03. The lowest BCUT2D eigenvalue weighted by Gasteiger charge is -2.08. The lowest BCUT2D eigenvalue weighted by Crippen LogP contribution is -2.31. The number of carbonyl (C=O) groups is 1. The summed E-state index contributed by atoms with van der Waals surface area (Å²) in [7, 11) is 0. The summed E-state index contributed by atoms with van der Waals surface area (Å²) in [5, 5.41) is 8.35. The van der Waals surface area contributed by atoms with E-state index in [1.54, 1.807) is 27.5 Å². The fourth-order valence-electron chi connectivity index (χ4n) is 3.91.